The highest BCUT2D eigenvalue weighted by Gasteiger charge is 2.31. The molecular weight excluding hydrogens is 268 g/mol. The Morgan fingerprint density at radius 3 is 1.70 bits per heavy atom. The lowest BCUT2D eigenvalue weighted by molar-refractivity contribution is -0.143. The second-order valence-corrected chi connectivity index (χ2v) is 6.78. The van der Waals surface area contributed by atoms with E-state index in [-0.39, 0.29) is 0 Å². The zero-order valence-corrected chi connectivity index (χ0v) is 14.4. The van der Waals surface area contributed by atoms with Crippen LogP contribution in [-0.2, 0) is 4.79 Å². The first-order chi connectivity index (χ1) is 9.42. The first-order valence-corrected chi connectivity index (χ1v) is 8.60. The summed E-state index contributed by atoms with van der Waals surface area (Å²) in [6, 6.07) is 0. The predicted molar refractivity (Wildman–Crippen MR) is 90.5 cm³/mol. The molecule has 0 aromatic rings. The van der Waals surface area contributed by atoms with Crippen molar-refractivity contribution >= 4 is 23.1 Å². The van der Waals surface area contributed by atoms with E-state index in [0.717, 1.165) is 12.8 Å². The maximum atomic E-state index is 11.1. The van der Waals surface area contributed by atoms with Gasteiger partial charge in [0.25, 0.3) is 0 Å². The maximum Gasteiger partial charge on any atom is 0.314 e. The Bertz CT molecular complexity index is 285. The number of rotatable bonds is 13. The van der Waals surface area contributed by atoms with E-state index in [4.69, 9.17) is 17.3 Å². The van der Waals surface area contributed by atoms with Crippen molar-refractivity contribution in [3.05, 3.63) is 0 Å². The van der Waals surface area contributed by atoms with E-state index in [2.05, 4.69) is 6.92 Å². The Hall–Kier alpha value is -0.440. The molecule has 0 atom stereocenters. The van der Waals surface area contributed by atoms with E-state index in [9.17, 15) is 4.79 Å². The number of aliphatic carboxylic acids is 1. The topological polar surface area (TPSA) is 37.3 Å². The molecule has 0 aromatic heterocycles. The van der Waals surface area contributed by atoms with Crippen molar-refractivity contribution in [1.82, 2.24) is 0 Å². The molecule has 0 aliphatic rings. The lowest BCUT2D eigenvalue weighted by Gasteiger charge is -2.20. The largest absolute Gasteiger partial charge is 0.481 e. The van der Waals surface area contributed by atoms with E-state index in [1.807, 2.05) is 0 Å². The van der Waals surface area contributed by atoms with Gasteiger partial charge in [-0.25, -0.2) is 0 Å². The molecule has 1 N–H and O–H groups in total. The van der Waals surface area contributed by atoms with Crippen LogP contribution in [0.2, 0.25) is 0 Å². The standard InChI is InChI=1S/C17H32O2S/c1-4-5-6-7-8-9-10-11-12-13-14-15(20)17(2,3)16(18)19/h4-14H2,1-3H3,(H,18,19). The molecule has 0 aliphatic heterocycles. The minimum Gasteiger partial charge on any atom is -0.481 e. The van der Waals surface area contributed by atoms with Gasteiger partial charge in [0.05, 0.1) is 5.41 Å². The Kier molecular flexibility index (Phi) is 11.0. The molecule has 0 heterocycles. The van der Waals surface area contributed by atoms with Crippen LogP contribution in [0.5, 0.6) is 0 Å². The molecule has 118 valence electrons. The Morgan fingerprint density at radius 2 is 1.30 bits per heavy atom. The molecule has 3 heteroatoms. The molecule has 0 saturated heterocycles. The highest BCUT2D eigenvalue weighted by molar-refractivity contribution is 7.80. The summed E-state index contributed by atoms with van der Waals surface area (Å²) in [7, 11) is 0. The Balaban J connectivity index is 3.45. The van der Waals surface area contributed by atoms with Gasteiger partial charge in [-0.2, -0.15) is 0 Å². The van der Waals surface area contributed by atoms with Gasteiger partial charge in [0.2, 0.25) is 0 Å². The van der Waals surface area contributed by atoms with Gasteiger partial charge in [-0.05, 0) is 26.7 Å². The van der Waals surface area contributed by atoms with Gasteiger partial charge in [0.1, 0.15) is 0 Å². The Labute approximate surface area is 130 Å². The fourth-order valence-electron chi connectivity index (χ4n) is 2.20. The number of hydrogen-bond acceptors (Lipinski definition) is 2. The number of thiocarbonyl (C=S) groups is 1. The average molecular weight is 301 g/mol. The molecule has 0 rings (SSSR count). The highest BCUT2D eigenvalue weighted by Crippen LogP contribution is 2.22. The summed E-state index contributed by atoms with van der Waals surface area (Å²) < 4.78 is 0. The van der Waals surface area contributed by atoms with E-state index >= 15 is 0 Å². The van der Waals surface area contributed by atoms with Crippen LogP contribution in [0, 0.1) is 5.41 Å². The third kappa shape index (κ3) is 8.68. The van der Waals surface area contributed by atoms with Crippen LogP contribution in [0.4, 0.5) is 0 Å². The number of carboxylic acid groups (broad SMARTS) is 1. The second kappa shape index (κ2) is 11.2. The fraction of sp³-hybridized carbons (Fsp3) is 0.882. The van der Waals surface area contributed by atoms with Crippen molar-refractivity contribution < 1.29 is 9.90 Å². The molecule has 0 unspecified atom stereocenters. The molecule has 0 spiro atoms. The molecule has 0 fully saturated rings. The van der Waals surface area contributed by atoms with Crippen LogP contribution in [0.3, 0.4) is 0 Å². The number of carboxylic acids is 1. The van der Waals surface area contributed by atoms with Crippen LogP contribution >= 0.6 is 12.2 Å². The molecule has 20 heavy (non-hydrogen) atoms. The average Bonchev–Trinajstić information content (AvgIpc) is 2.40. The number of unbranched alkanes of at least 4 members (excludes halogenated alkanes) is 9. The SMILES string of the molecule is CCCCCCCCCCCCC(=S)C(C)(C)C(=O)O. The minimum absolute atomic E-state index is 0.685. The van der Waals surface area contributed by atoms with Crippen molar-refractivity contribution in [1.29, 1.82) is 0 Å². The van der Waals surface area contributed by atoms with Crippen LogP contribution in [0.15, 0.2) is 0 Å². The van der Waals surface area contributed by atoms with Crippen LogP contribution in [-0.4, -0.2) is 15.9 Å². The smallest absolute Gasteiger partial charge is 0.314 e. The van der Waals surface area contributed by atoms with Crippen molar-refractivity contribution in [2.24, 2.45) is 5.41 Å². The third-order valence-corrected chi connectivity index (χ3v) is 4.70. The normalized spacial score (nSPS) is 11.6. The van der Waals surface area contributed by atoms with Crippen LogP contribution in [0.1, 0.15) is 91.4 Å². The number of hydrogen-bond donors (Lipinski definition) is 1. The molecule has 0 saturated carbocycles. The number of carbonyl (C=O) groups is 1. The monoisotopic (exact) mass is 300 g/mol. The van der Waals surface area contributed by atoms with E-state index in [1.165, 1.54) is 57.8 Å². The highest BCUT2D eigenvalue weighted by atomic mass is 32.1. The second-order valence-electron chi connectivity index (χ2n) is 6.29. The minimum atomic E-state index is -0.853. The lowest BCUT2D eigenvalue weighted by atomic mass is 9.86. The van der Waals surface area contributed by atoms with Crippen molar-refractivity contribution in [3.63, 3.8) is 0 Å². The van der Waals surface area contributed by atoms with Gasteiger partial charge in [0, 0.05) is 4.86 Å². The van der Waals surface area contributed by atoms with E-state index in [0.29, 0.717) is 4.86 Å². The van der Waals surface area contributed by atoms with E-state index < -0.39 is 11.4 Å². The molecule has 0 aromatic carbocycles. The zero-order chi connectivity index (χ0) is 15.4. The molecular formula is C17H32O2S. The van der Waals surface area contributed by atoms with Gasteiger partial charge in [-0.3, -0.25) is 4.79 Å². The summed E-state index contributed by atoms with van der Waals surface area (Å²) >= 11 is 5.25. The van der Waals surface area contributed by atoms with Crippen molar-refractivity contribution in [2.75, 3.05) is 0 Å². The zero-order valence-electron chi connectivity index (χ0n) is 13.5. The first-order valence-electron chi connectivity index (χ1n) is 8.19. The maximum absolute atomic E-state index is 11.1. The fourth-order valence-corrected chi connectivity index (χ4v) is 2.44. The van der Waals surface area contributed by atoms with Gasteiger partial charge in [-0.15, -0.1) is 0 Å². The summed E-state index contributed by atoms with van der Waals surface area (Å²) in [5.74, 6) is -0.811. The van der Waals surface area contributed by atoms with E-state index in [1.54, 1.807) is 13.8 Å². The molecule has 0 bridgehead atoms. The van der Waals surface area contributed by atoms with Crippen LogP contribution in [0.25, 0.3) is 0 Å². The summed E-state index contributed by atoms with van der Waals surface area (Å²) in [6.45, 7) is 5.65. The molecule has 2 nitrogen and oxygen atoms in total. The summed E-state index contributed by atoms with van der Waals surface area (Å²) in [5.41, 5.74) is -0.853. The van der Waals surface area contributed by atoms with Gasteiger partial charge in [-0.1, -0.05) is 76.9 Å². The van der Waals surface area contributed by atoms with Gasteiger partial charge >= 0.3 is 5.97 Å². The summed E-state index contributed by atoms with van der Waals surface area (Å²) in [6.07, 6.45) is 13.7. The quantitative estimate of drug-likeness (QED) is 0.346. The van der Waals surface area contributed by atoms with Gasteiger partial charge in [0.15, 0.2) is 0 Å². The first kappa shape index (κ1) is 19.6. The third-order valence-electron chi connectivity index (χ3n) is 3.99. The van der Waals surface area contributed by atoms with Crippen molar-refractivity contribution in [3.8, 4) is 0 Å². The Morgan fingerprint density at radius 1 is 0.900 bits per heavy atom. The molecule has 0 aliphatic carbocycles. The molecule has 0 radical (unpaired) electrons. The van der Waals surface area contributed by atoms with Crippen molar-refractivity contribution in [2.45, 2.75) is 91.4 Å². The summed E-state index contributed by atoms with van der Waals surface area (Å²) in [4.78, 5) is 11.7. The molecule has 0 amide bonds. The lowest BCUT2D eigenvalue weighted by Crippen LogP contribution is -2.31. The summed E-state index contributed by atoms with van der Waals surface area (Å²) in [5, 5.41) is 9.09. The predicted octanol–water partition coefficient (Wildman–Crippen LogP) is 5.78. The van der Waals surface area contributed by atoms with Gasteiger partial charge < -0.3 is 5.11 Å². The van der Waals surface area contributed by atoms with Crippen LogP contribution < -0.4 is 0 Å².